The fraction of sp³-hybridized carbons (Fsp3) is 0.880. The topological polar surface area (TPSA) is 17.8 Å². The second-order valence-electron chi connectivity index (χ2n) is 8.44. The molecule has 1 aromatic heterocycles. The number of unbranched alkanes of at least 4 members (excludes halogenated alkanes) is 16. The number of aryl methyl sites for hydroxylation is 2. The first-order chi connectivity index (χ1) is 13.4. The van der Waals surface area contributed by atoms with Crippen LogP contribution in [0.3, 0.4) is 0 Å². The third-order valence-electron chi connectivity index (χ3n) is 5.81. The Morgan fingerprint density at radius 2 is 1.04 bits per heavy atom. The summed E-state index contributed by atoms with van der Waals surface area (Å²) in [7, 11) is 0. The van der Waals surface area contributed by atoms with Crippen LogP contribution in [0, 0.1) is 0 Å². The number of hydrogen-bond acceptors (Lipinski definition) is 1. The van der Waals surface area contributed by atoms with Gasteiger partial charge in [-0.2, -0.15) is 0 Å². The summed E-state index contributed by atoms with van der Waals surface area (Å²) in [4.78, 5) is 4.60. The van der Waals surface area contributed by atoms with Crippen LogP contribution in [0.5, 0.6) is 0 Å². The van der Waals surface area contributed by atoms with E-state index in [0.717, 1.165) is 0 Å². The molecule has 0 saturated heterocycles. The van der Waals surface area contributed by atoms with Crippen LogP contribution in [0.15, 0.2) is 12.4 Å². The van der Waals surface area contributed by atoms with Crippen molar-refractivity contribution in [3.8, 4) is 0 Å². The Balaban J connectivity index is 1.96. The lowest BCUT2D eigenvalue weighted by Crippen LogP contribution is -2.03. The van der Waals surface area contributed by atoms with Crippen LogP contribution in [-0.4, -0.2) is 9.55 Å². The molecule has 0 fully saturated rings. The van der Waals surface area contributed by atoms with Gasteiger partial charge in [0.2, 0.25) is 0 Å². The van der Waals surface area contributed by atoms with E-state index in [9.17, 15) is 0 Å². The van der Waals surface area contributed by atoms with Crippen molar-refractivity contribution in [1.82, 2.24) is 9.55 Å². The van der Waals surface area contributed by atoms with Crippen LogP contribution >= 0.6 is 0 Å². The minimum Gasteiger partial charge on any atom is -0.335 e. The Morgan fingerprint density at radius 1 is 0.593 bits per heavy atom. The van der Waals surface area contributed by atoms with Gasteiger partial charge < -0.3 is 4.57 Å². The lowest BCUT2D eigenvalue weighted by molar-refractivity contribution is 0.523. The van der Waals surface area contributed by atoms with E-state index >= 15 is 0 Å². The number of nitrogens with zero attached hydrogens (tertiary/aromatic N) is 2. The average molecular weight is 377 g/mol. The fourth-order valence-electron chi connectivity index (χ4n) is 3.96. The summed E-state index contributed by atoms with van der Waals surface area (Å²) in [6.45, 7) is 5.75. The van der Waals surface area contributed by atoms with Gasteiger partial charge in [0.15, 0.2) is 0 Å². The summed E-state index contributed by atoms with van der Waals surface area (Å²) in [6.07, 6.45) is 30.6. The van der Waals surface area contributed by atoms with E-state index in [1.807, 2.05) is 6.20 Å². The molecule has 0 aromatic carbocycles. The normalized spacial score (nSPS) is 11.3. The van der Waals surface area contributed by atoms with Crippen LogP contribution in [-0.2, 0) is 13.0 Å². The zero-order valence-corrected chi connectivity index (χ0v) is 18.7. The van der Waals surface area contributed by atoms with Crippen LogP contribution in [0.25, 0.3) is 0 Å². The molecule has 0 atom stereocenters. The lowest BCUT2D eigenvalue weighted by Gasteiger charge is -2.08. The molecule has 0 aliphatic carbocycles. The molecule has 0 aliphatic heterocycles. The number of aromatic nitrogens is 2. The molecular formula is C25H48N2. The van der Waals surface area contributed by atoms with E-state index in [1.165, 1.54) is 134 Å². The molecule has 0 saturated carbocycles. The maximum absolute atomic E-state index is 4.60. The van der Waals surface area contributed by atoms with Crippen molar-refractivity contribution >= 4 is 0 Å². The Bertz CT molecular complexity index is 374. The Kier molecular flexibility index (Phi) is 16.7. The van der Waals surface area contributed by atoms with Gasteiger partial charge in [0, 0.05) is 25.4 Å². The van der Waals surface area contributed by atoms with Crippen molar-refractivity contribution < 1.29 is 0 Å². The van der Waals surface area contributed by atoms with Gasteiger partial charge in [0.1, 0.15) is 5.82 Å². The van der Waals surface area contributed by atoms with Gasteiger partial charge in [-0.3, -0.25) is 0 Å². The smallest absolute Gasteiger partial charge is 0.108 e. The monoisotopic (exact) mass is 376 g/mol. The standard InChI is InChI=1S/C25H48N2/c1-3-5-7-9-11-13-15-17-19-21-25-26-22-24-27(25)23-20-18-16-14-12-10-8-6-4-2/h22,24H,3-21,23H2,1-2H3. The molecule has 0 spiro atoms. The zero-order chi connectivity index (χ0) is 19.4. The first kappa shape index (κ1) is 24.2. The molecule has 1 heterocycles. The Labute approximate surface area is 170 Å². The van der Waals surface area contributed by atoms with Crippen LogP contribution in [0.4, 0.5) is 0 Å². The fourth-order valence-corrected chi connectivity index (χ4v) is 3.96. The van der Waals surface area contributed by atoms with Crippen LogP contribution in [0.2, 0.25) is 0 Å². The maximum atomic E-state index is 4.60. The van der Waals surface area contributed by atoms with Gasteiger partial charge in [-0.15, -0.1) is 0 Å². The van der Waals surface area contributed by atoms with Crippen molar-refractivity contribution in [2.75, 3.05) is 0 Å². The zero-order valence-electron chi connectivity index (χ0n) is 18.7. The molecule has 0 radical (unpaired) electrons. The highest BCUT2D eigenvalue weighted by atomic mass is 15.1. The lowest BCUT2D eigenvalue weighted by atomic mass is 10.1. The summed E-state index contributed by atoms with van der Waals surface area (Å²) >= 11 is 0. The van der Waals surface area contributed by atoms with Gasteiger partial charge in [0.25, 0.3) is 0 Å². The molecule has 0 bridgehead atoms. The molecule has 27 heavy (non-hydrogen) atoms. The molecule has 1 rings (SSSR count). The molecule has 2 nitrogen and oxygen atoms in total. The predicted octanol–water partition coefficient (Wildman–Crippen LogP) is 8.49. The summed E-state index contributed by atoms with van der Waals surface area (Å²) in [5.74, 6) is 1.32. The number of rotatable bonds is 20. The third kappa shape index (κ3) is 13.9. The van der Waals surface area contributed by atoms with Crippen molar-refractivity contribution in [2.24, 2.45) is 0 Å². The summed E-state index contributed by atoms with van der Waals surface area (Å²) < 4.78 is 2.41. The predicted molar refractivity (Wildman–Crippen MR) is 120 cm³/mol. The highest BCUT2D eigenvalue weighted by Crippen LogP contribution is 2.13. The highest BCUT2D eigenvalue weighted by molar-refractivity contribution is 4.92. The summed E-state index contributed by atoms with van der Waals surface area (Å²) in [6, 6.07) is 0. The minimum absolute atomic E-state index is 1.17. The van der Waals surface area contributed by atoms with Crippen molar-refractivity contribution in [3.63, 3.8) is 0 Å². The Hall–Kier alpha value is -0.790. The summed E-state index contributed by atoms with van der Waals surface area (Å²) in [5, 5.41) is 0. The SMILES string of the molecule is CCCCCCCCCCCc1nccn1CCCCCCCCCCC. The first-order valence-electron chi connectivity index (χ1n) is 12.4. The summed E-state index contributed by atoms with van der Waals surface area (Å²) in [5.41, 5.74) is 0. The number of hydrogen-bond donors (Lipinski definition) is 0. The van der Waals surface area contributed by atoms with Crippen molar-refractivity contribution in [3.05, 3.63) is 18.2 Å². The highest BCUT2D eigenvalue weighted by Gasteiger charge is 2.03. The molecule has 0 N–H and O–H groups in total. The van der Waals surface area contributed by atoms with Gasteiger partial charge in [-0.25, -0.2) is 4.98 Å². The second kappa shape index (κ2) is 18.6. The van der Waals surface area contributed by atoms with E-state index in [-0.39, 0.29) is 0 Å². The van der Waals surface area contributed by atoms with E-state index in [2.05, 4.69) is 29.6 Å². The Morgan fingerprint density at radius 3 is 1.56 bits per heavy atom. The average Bonchev–Trinajstić information content (AvgIpc) is 3.12. The quantitative estimate of drug-likeness (QED) is 0.209. The molecule has 158 valence electrons. The van der Waals surface area contributed by atoms with Gasteiger partial charge in [-0.1, -0.05) is 117 Å². The molecule has 0 aliphatic rings. The van der Waals surface area contributed by atoms with E-state index in [0.29, 0.717) is 0 Å². The van der Waals surface area contributed by atoms with Gasteiger partial charge >= 0.3 is 0 Å². The van der Waals surface area contributed by atoms with E-state index in [4.69, 9.17) is 0 Å². The largest absolute Gasteiger partial charge is 0.335 e. The van der Waals surface area contributed by atoms with E-state index < -0.39 is 0 Å². The van der Waals surface area contributed by atoms with Crippen LogP contribution < -0.4 is 0 Å². The van der Waals surface area contributed by atoms with Crippen molar-refractivity contribution in [1.29, 1.82) is 0 Å². The van der Waals surface area contributed by atoms with Gasteiger partial charge in [-0.05, 0) is 12.8 Å². The van der Waals surface area contributed by atoms with Gasteiger partial charge in [0.05, 0.1) is 0 Å². The first-order valence-corrected chi connectivity index (χ1v) is 12.4. The number of imidazole rings is 1. The third-order valence-corrected chi connectivity index (χ3v) is 5.81. The molecular weight excluding hydrogens is 328 g/mol. The second-order valence-corrected chi connectivity index (χ2v) is 8.44. The molecule has 2 heteroatoms. The van der Waals surface area contributed by atoms with Crippen molar-refractivity contribution in [2.45, 2.75) is 142 Å². The minimum atomic E-state index is 1.17. The molecule has 0 amide bonds. The van der Waals surface area contributed by atoms with E-state index in [1.54, 1.807) is 0 Å². The molecule has 0 unspecified atom stereocenters. The maximum Gasteiger partial charge on any atom is 0.108 e. The van der Waals surface area contributed by atoms with Crippen LogP contribution in [0.1, 0.15) is 135 Å². The molecule has 1 aromatic rings.